The molecule has 1 heterocycles. The smallest absolute Gasteiger partial charge is 0.326 e. The predicted octanol–water partition coefficient (Wildman–Crippen LogP) is 0.525. The number of rotatable bonds is 11. The van der Waals surface area contributed by atoms with Crippen LogP contribution in [0.15, 0.2) is 67.1 Å². The number of carboxylic acid groups (broad SMARTS) is 1. The zero-order chi connectivity index (χ0) is 24.5. The van der Waals surface area contributed by atoms with Gasteiger partial charge in [0.2, 0.25) is 11.8 Å². The van der Waals surface area contributed by atoms with Gasteiger partial charge in [-0.3, -0.25) is 9.59 Å². The number of nitrogens with zero attached hydrogens (tertiary/aromatic N) is 1. The van der Waals surface area contributed by atoms with Gasteiger partial charge in [-0.15, -0.1) is 0 Å². The molecule has 1 aromatic heterocycles. The lowest BCUT2D eigenvalue weighted by atomic mass is 10.0. The van der Waals surface area contributed by atoms with E-state index in [1.54, 1.807) is 12.1 Å². The van der Waals surface area contributed by atoms with Crippen LogP contribution in [0.4, 0.5) is 0 Å². The lowest BCUT2D eigenvalue weighted by molar-refractivity contribution is -0.142. The Hall–Kier alpha value is -4.18. The number of aromatic nitrogens is 2. The summed E-state index contributed by atoms with van der Waals surface area (Å²) in [5, 5.41) is 24.2. The summed E-state index contributed by atoms with van der Waals surface area (Å²) in [7, 11) is 0. The highest BCUT2D eigenvalue weighted by Gasteiger charge is 2.28. The van der Waals surface area contributed by atoms with Crippen LogP contribution in [0.1, 0.15) is 16.8 Å². The highest BCUT2D eigenvalue weighted by atomic mass is 16.4. The van der Waals surface area contributed by atoms with Crippen LogP contribution in [0.5, 0.6) is 5.75 Å². The minimum Gasteiger partial charge on any atom is -0.508 e. The summed E-state index contributed by atoms with van der Waals surface area (Å²) in [5.41, 5.74) is 8.14. The number of phenolic OH excluding ortho intramolecular Hbond substituents is 1. The molecule has 3 atom stereocenters. The molecule has 3 aromatic rings. The SMILES string of the molecule is NC(Cc1ccccc1)C(=O)NC(Cc1ccc(O)cc1)C(=O)NC(Cc1cnc[nH]1)C(=O)O. The minimum absolute atomic E-state index is 0.00549. The number of hydrogen-bond acceptors (Lipinski definition) is 6. The van der Waals surface area contributed by atoms with Gasteiger partial charge in [0, 0.05) is 24.7 Å². The van der Waals surface area contributed by atoms with Crippen molar-refractivity contribution in [3.63, 3.8) is 0 Å². The largest absolute Gasteiger partial charge is 0.508 e. The number of hydrogen-bond donors (Lipinski definition) is 6. The lowest BCUT2D eigenvalue weighted by Crippen LogP contribution is -2.55. The van der Waals surface area contributed by atoms with Crippen molar-refractivity contribution in [3.05, 3.63) is 83.9 Å². The summed E-state index contributed by atoms with van der Waals surface area (Å²) in [4.78, 5) is 44.3. The fourth-order valence-corrected chi connectivity index (χ4v) is 3.41. The number of carbonyl (C=O) groups is 3. The third kappa shape index (κ3) is 7.17. The number of aromatic hydroxyl groups is 1. The Kier molecular flexibility index (Phi) is 8.36. The summed E-state index contributed by atoms with van der Waals surface area (Å²) in [5.74, 6) is -2.37. The summed E-state index contributed by atoms with van der Waals surface area (Å²) in [6.07, 6.45) is 3.23. The van der Waals surface area contributed by atoms with Crippen molar-refractivity contribution in [3.8, 4) is 5.75 Å². The molecular formula is C24H27N5O5. The molecule has 34 heavy (non-hydrogen) atoms. The number of carbonyl (C=O) groups excluding carboxylic acids is 2. The Morgan fingerprint density at radius 3 is 2.15 bits per heavy atom. The van der Waals surface area contributed by atoms with Crippen molar-refractivity contribution < 1.29 is 24.6 Å². The fraction of sp³-hybridized carbons (Fsp3) is 0.250. The number of aliphatic carboxylic acids is 1. The number of nitrogens with two attached hydrogens (primary N) is 1. The standard InChI is InChI=1S/C24H27N5O5/c25-19(10-15-4-2-1-3-5-15)22(31)28-20(11-16-6-8-18(30)9-7-16)23(32)29-21(24(33)34)12-17-13-26-14-27-17/h1-9,13-14,19-21,30H,10-12,25H2,(H,26,27)(H,28,31)(H,29,32)(H,33,34). The van der Waals surface area contributed by atoms with Crippen molar-refractivity contribution in [1.29, 1.82) is 0 Å². The van der Waals surface area contributed by atoms with Crippen LogP contribution in [0.3, 0.4) is 0 Å². The Labute approximate surface area is 196 Å². The predicted molar refractivity (Wildman–Crippen MR) is 124 cm³/mol. The van der Waals surface area contributed by atoms with Gasteiger partial charge in [-0.05, 0) is 29.7 Å². The monoisotopic (exact) mass is 465 g/mol. The Morgan fingerprint density at radius 1 is 0.882 bits per heavy atom. The molecule has 3 unspecified atom stereocenters. The van der Waals surface area contributed by atoms with E-state index in [1.165, 1.54) is 24.7 Å². The van der Waals surface area contributed by atoms with Gasteiger partial charge in [0.25, 0.3) is 0 Å². The van der Waals surface area contributed by atoms with Gasteiger partial charge in [0.1, 0.15) is 17.8 Å². The summed E-state index contributed by atoms with van der Waals surface area (Å²) in [6.45, 7) is 0. The number of H-pyrrole nitrogens is 1. The van der Waals surface area contributed by atoms with Crippen LogP contribution in [0.2, 0.25) is 0 Å². The zero-order valence-electron chi connectivity index (χ0n) is 18.3. The van der Waals surface area contributed by atoms with Gasteiger partial charge >= 0.3 is 5.97 Å². The zero-order valence-corrected chi connectivity index (χ0v) is 18.3. The number of nitrogens with one attached hydrogen (secondary N) is 3. The van der Waals surface area contributed by atoms with E-state index in [9.17, 15) is 24.6 Å². The first kappa shape index (κ1) is 24.5. The highest BCUT2D eigenvalue weighted by Crippen LogP contribution is 2.12. The van der Waals surface area contributed by atoms with Gasteiger partial charge in [0.15, 0.2) is 0 Å². The van der Waals surface area contributed by atoms with Gasteiger partial charge in [-0.2, -0.15) is 0 Å². The fourth-order valence-electron chi connectivity index (χ4n) is 3.41. The second-order valence-electron chi connectivity index (χ2n) is 7.91. The average molecular weight is 466 g/mol. The van der Waals surface area contributed by atoms with Crippen molar-refractivity contribution in [2.45, 2.75) is 37.4 Å². The van der Waals surface area contributed by atoms with Crippen molar-refractivity contribution in [2.75, 3.05) is 0 Å². The molecule has 0 spiro atoms. The van der Waals surface area contributed by atoms with Gasteiger partial charge in [-0.25, -0.2) is 9.78 Å². The summed E-state index contributed by atoms with van der Waals surface area (Å²) in [6, 6.07) is 12.2. The molecule has 0 aliphatic rings. The molecule has 3 rings (SSSR count). The van der Waals surface area contributed by atoms with E-state index in [0.29, 0.717) is 11.3 Å². The molecule has 0 saturated carbocycles. The maximum absolute atomic E-state index is 13.1. The molecule has 7 N–H and O–H groups in total. The molecule has 10 heteroatoms. The molecule has 2 aromatic carbocycles. The molecule has 0 bridgehead atoms. The number of imidazole rings is 1. The van der Waals surface area contributed by atoms with Crippen molar-refractivity contribution in [2.24, 2.45) is 5.73 Å². The Bertz CT molecular complexity index is 1090. The van der Waals surface area contributed by atoms with E-state index in [1.807, 2.05) is 30.3 Å². The second kappa shape index (κ2) is 11.6. The molecule has 178 valence electrons. The summed E-state index contributed by atoms with van der Waals surface area (Å²) < 4.78 is 0. The van der Waals surface area contributed by atoms with Crippen LogP contribution in [0, 0.1) is 0 Å². The average Bonchev–Trinajstić information content (AvgIpc) is 3.33. The normalized spacial score (nSPS) is 13.4. The quantitative estimate of drug-likeness (QED) is 0.240. The molecule has 2 amide bonds. The van der Waals surface area contributed by atoms with Crippen LogP contribution in [-0.2, 0) is 33.6 Å². The molecule has 10 nitrogen and oxygen atoms in total. The Morgan fingerprint density at radius 2 is 1.53 bits per heavy atom. The number of amides is 2. The third-order valence-corrected chi connectivity index (χ3v) is 5.24. The first-order valence-corrected chi connectivity index (χ1v) is 10.7. The number of aromatic amines is 1. The van der Waals surface area contributed by atoms with Crippen LogP contribution < -0.4 is 16.4 Å². The van der Waals surface area contributed by atoms with E-state index >= 15 is 0 Å². The minimum atomic E-state index is -1.23. The van der Waals surface area contributed by atoms with E-state index in [-0.39, 0.29) is 25.0 Å². The first-order valence-electron chi connectivity index (χ1n) is 10.7. The summed E-state index contributed by atoms with van der Waals surface area (Å²) >= 11 is 0. The Balaban J connectivity index is 1.73. The second-order valence-corrected chi connectivity index (χ2v) is 7.91. The molecule has 0 radical (unpaired) electrons. The van der Waals surface area contributed by atoms with Crippen LogP contribution in [-0.4, -0.2) is 56.1 Å². The molecule has 0 saturated heterocycles. The van der Waals surface area contributed by atoms with E-state index < -0.39 is 35.9 Å². The van der Waals surface area contributed by atoms with Gasteiger partial charge in [-0.1, -0.05) is 42.5 Å². The van der Waals surface area contributed by atoms with Crippen molar-refractivity contribution in [1.82, 2.24) is 20.6 Å². The van der Waals surface area contributed by atoms with Crippen LogP contribution >= 0.6 is 0 Å². The number of phenols is 1. The number of carboxylic acids is 1. The molecular weight excluding hydrogens is 438 g/mol. The third-order valence-electron chi connectivity index (χ3n) is 5.24. The van der Waals surface area contributed by atoms with E-state index in [4.69, 9.17) is 5.73 Å². The van der Waals surface area contributed by atoms with Gasteiger partial charge < -0.3 is 31.6 Å². The maximum atomic E-state index is 13.1. The van der Waals surface area contributed by atoms with E-state index in [2.05, 4.69) is 20.6 Å². The van der Waals surface area contributed by atoms with Crippen LogP contribution in [0.25, 0.3) is 0 Å². The topological polar surface area (TPSA) is 170 Å². The molecule has 0 fully saturated rings. The maximum Gasteiger partial charge on any atom is 0.326 e. The molecule has 0 aliphatic heterocycles. The van der Waals surface area contributed by atoms with Gasteiger partial charge in [0.05, 0.1) is 12.4 Å². The highest BCUT2D eigenvalue weighted by molar-refractivity contribution is 5.92. The first-order chi connectivity index (χ1) is 16.3. The van der Waals surface area contributed by atoms with Crippen molar-refractivity contribution >= 4 is 17.8 Å². The van der Waals surface area contributed by atoms with E-state index in [0.717, 1.165) is 5.56 Å². The lowest BCUT2D eigenvalue weighted by Gasteiger charge is -2.23. The number of benzene rings is 2. The molecule has 0 aliphatic carbocycles.